The highest BCUT2D eigenvalue weighted by Crippen LogP contribution is 1.98. The molecule has 17 heavy (non-hydrogen) atoms. The third-order valence-corrected chi connectivity index (χ3v) is 1.87. The molecule has 0 unspecified atom stereocenters. The van der Waals surface area contributed by atoms with Crippen LogP contribution in [0.3, 0.4) is 0 Å². The van der Waals surface area contributed by atoms with E-state index in [1.807, 2.05) is 18.2 Å². The van der Waals surface area contributed by atoms with Crippen molar-refractivity contribution in [2.45, 2.75) is 0 Å². The largest absolute Gasteiger partial charge is 0.373 e. The van der Waals surface area contributed by atoms with Crippen LogP contribution in [-0.2, 0) is 4.74 Å². The molecular formula is C15H14O2. The number of hydrogen-bond donors (Lipinski definition) is 0. The summed E-state index contributed by atoms with van der Waals surface area (Å²) in [6.45, 7) is 4.52. The SMILES string of the molecule is C=CCOC/C=C/C#CC(=O)c1ccccc1. The third kappa shape index (κ3) is 5.50. The van der Waals surface area contributed by atoms with E-state index in [4.69, 9.17) is 4.74 Å². The van der Waals surface area contributed by atoms with Crippen LogP contribution >= 0.6 is 0 Å². The van der Waals surface area contributed by atoms with Crippen LogP contribution in [0.5, 0.6) is 0 Å². The Labute approximate surface area is 102 Å². The number of carbonyl (C=O) groups is 1. The molecule has 0 fully saturated rings. The summed E-state index contributed by atoms with van der Waals surface area (Å²) in [5.74, 6) is 5.03. The zero-order valence-corrected chi connectivity index (χ0v) is 9.56. The molecule has 0 aliphatic carbocycles. The first kappa shape index (κ1) is 13.0. The van der Waals surface area contributed by atoms with Gasteiger partial charge in [0.25, 0.3) is 0 Å². The Kier molecular flexibility index (Phi) is 6.17. The molecule has 2 heteroatoms. The van der Waals surface area contributed by atoms with Crippen LogP contribution in [-0.4, -0.2) is 19.0 Å². The highest BCUT2D eigenvalue weighted by molar-refractivity contribution is 6.09. The van der Waals surface area contributed by atoms with Gasteiger partial charge in [0.15, 0.2) is 0 Å². The second kappa shape index (κ2) is 8.09. The van der Waals surface area contributed by atoms with Crippen LogP contribution < -0.4 is 0 Å². The molecule has 2 nitrogen and oxygen atoms in total. The Morgan fingerprint density at radius 1 is 1.29 bits per heavy atom. The highest BCUT2D eigenvalue weighted by Gasteiger charge is 1.97. The maximum Gasteiger partial charge on any atom is 0.236 e. The molecule has 0 aliphatic rings. The number of allylic oxidation sites excluding steroid dienone is 1. The summed E-state index contributed by atoms with van der Waals surface area (Å²) in [6, 6.07) is 8.98. The first-order chi connectivity index (χ1) is 8.34. The summed E-state index contributed by atoms with van der Waals surface area (Å²) in [5.41, 5.74) is 0.608. The molecule has 0 radical (unpaired) electrons. The fourth-order valence-electron chi connectivity index (χ4n) is 1.10. The van der Waals surface area contributed by atoms with Crippen molar-refractivity contribution in [1.82, 2.24) is 0 Å². The van der Waals surface area contributed by atoms with Gasteiger partial charge in [0.1, 0.15) is 0 Å². The van der Waals surface area contributed by atoms with Crippen LogP contribution in [0.1, 0.15) is 10.4 Å². The lowest BCUT2D eigenvalue weighted by Gasteiger charge is -1.91. The monoisotopic (exact) mass is 226 g/mol. The van der Waals surface area contributed by atoms with Gasteiger partial charge in [-0.15, -0.1) is 6.58 Å². The molecule has 0 saturated heterocycles. The number of rotatable bonds is 5. The lowest BCUT2D eigenvalue weighted by molar-refractivity contribution is 0.105. The molecule has 86 valence electrons. The molecule has 1 rings (SSSR count). The van der Waals surface area contributed by atoms with E-state index >= 15 is 0 Å². The van der Waals surface area contributed by atoms with Crippen molar-refractivity contribution in [3.8, 4) is 11.8 Å². The molecule has 0 N–H and O–H groups in total. The Hall–Kier alpha value is -2.11. The fraction of sp³-hybridized carbons (Fsp3) is 0.133. The first-order valence-electron chi connectivity index (χ1n) is 5.29. The predicted octanol–water partition coefficient (Wildman–Crippen LogP) is 2.63. The second-order valence-corrected chi connectivity index (χ2v) is 3.19. The van der Waals surface area contributed by atoms with Gasteiger partial charge in [-0.05, 0) is 12.0 Å². The van der Waals surface area contributed by atoms with Crippen molar-refractivity contribution in [3.63, 3.8) is 0 Å². The molecular weight excluding hydrogens is 212 g/mol. The van der Waals surface area contributed by atoms with Crippen LogP contribution in [0.15, 0.2) is 55.1 Å². The quantitative estimate of drug-likeness (QED) is 0.254. The molecule has 0 saturated carbocycles. The van der Waals surface area contributed by atoms with E-state index in [1.54, 1.807) is 30.4 Å². The van der Waals surface area contributed by atoms with E-state index in [-0.39, 0.29) is 5.78 Å². The Morgan fingerprint density at radius 2 is 2.06 bits per heavy atom. The van der Waals surface area contributed by atoms with E-state index in [2.05, 4.69) is 18.4 Å². The summed E-state index contributed by atoms with van der Waals surface area (Å²) < 4.78 is 5.12. The standard InChI is InChI=1S/C15H14O2/c1-2-12-17-13-8-4-7-11-15(16)14-9-5-3-6-10-14/h2-6,8-10H,1,12-13H2/b8-4+. The molecule has 0 atom stereocenters. The minimum atomic E-state index is -0.178. The van der Waals surface area contributed by atoms with Crippen molar-refractivity contribution in [2.24, 2.45) is 0 Å². The molecule has 1 aromatic rings. The molecule has 0 bridgehead atoms. The van der Waals surface area contributed by atoms with Gasteiger partial charge < -0.3 is 4.74 Å². The minimum Gasteiger partial charge on any atom is -0.373 e. The van der Waals surface area contributed by atoms with E-state index in [0.29, 0.717) is 18.8 Å². The summed E-state index contributed by atoms with van der Waals surface area (Å²) in [5, 5.41) is 0. The van der Waals surface area contributed by atoms with Crippen molar-refractivity contribution in [3.05, 3.63) is 60.7 Å². The van der Waals surface area contributed by atoms with Gasteiger partial charge in [0, 0.05) is 5.56 Å². The topological polar surface area (TPSA) is 26.3 Å². The molecule has 0 amide bonds. The first-order valence-corrected chi connectivity index (χ1v) is 5.29. The molecule has 1 aromatic carbocycles. The average molecular weight is 226 g/mol. The Morgan fingerprint density at radius 3 is 2.76 bits per heavy atom. The molecule has 0 aromatic heterocycles. The third-order valence-electron chi connectivity index (χ3n) is 1.87. The smallest absolute Gasteiger partial charge is 0.236 e. The fourth-order valence-corrected chi connectivity index (χ4v) is 1.10. The number of ketones is 1. The van der Waals surface area contributed by atoms with E-state index in [1.165, 1.54) is 0 Å². The van der Waals surface area contributed by atoms with Gasteiger partial charge in [-0.25, -0.2) is 0 Å². The van der Waals surface area contributed by atoms with Gasteiger partial charge in [-0.3, -0.25) is 4.79 Å². The summed E-state index contributed by atoms with van der Waals surface area (Å²) in [7, 11) is 0. The Bertz CT molecular complexity index is 447. The maximum absolute atomic E-state index is 11.5. The van der Waals surface area contributed by atoms with Gasteiger partial charge in [-0.2, -0.15) is 0 Å². The van der Waals surface area contributed by atoms with Gasteiger partial charge in [0.2, 0.25) is 5.78 Å². The van der Waals surface area contributed by atoms with E-state index in [0.717, 1.165) is 0 Å². The number of hydrogen-bond acceptors (Lipinski definition) is 2. The number of benzene rings is 1. The van der Waals surface area contributed by atoms with Crippen LogP contribution in [0, 0.1) is 11.8 Å². The summed E-state index contributed by atoms with van der Waals surface area (Å²) in [6.07, 6.45) is 5.05. The van der Waals surface area contributed by atoms with Gasteiger partial charge >= 0.3 is 0 Å². The van der Waals surface area contributed by atoms with Crippen LogP contribution in [0.4, 0.5) is 0 Å². The maximum atomic E-state index is 11.5. The molecule has 0 heterocycles. The predicted molar refractivity (Wildman–Crippen MR) is 68.7 cm³/mol. The number of carbonyl (C=O) groups excluding carboxylic acids is 1. The van der Waals surface area contributed by atoms with E-state index < -0.39 is 0 Å². The lowest BCUT2D eigenvalue weighted by atomic mass is 10.1. The average Bonchev–Trinajstić information content (AvgIpc) is 2.38. The minimum absolute atomic E-state index is 0.178. The number of ether oxygens (including phenoxy) is 1. The van der Waals surface area contributed by atoms with Crippen LogP contribution in [0.2, 0.25) is 0 Å². The molecule has 0 spiro atoms. The lowest BCUT2D eigenvalue weighted by Crippen LogP contribution is -1.93. The van der Waals surface area contributed by atoms with E-state index in [9.17, 15) is 4.79 Å². The zero-order valence-electron chi connectivity index (χ0n) is 9.56. The Balaban J connectivity index is 2.39. The number of Topliss-reactive ketones (excluding diaryl/α,β-unsaturated/α-hetero) is 1. The molecule has 0 aliphatic heterocycles. The second-order valence-electron chi connectivity index (χ2n) is 3.19. The normalized spacial score (nSPS) is 9.65. The van der Waals surface area contributed by atoms with Gasteiger partial charge in [0.05, 0.1) is 13.2 Å². The zero-order chi connectivity index (χ0) is 12.3. The van der Waals surface area contributed by atoms with Gasteiger partial charge in [-0.1, -0.05) is 48.4 Å². The van der Waals surface area contributed by atoms with Crippen molar-refractivity contribution in [1.29, 1.82) is 0 Å². The summed E-state index contributed by atoms with van der Waals surface area (Å²) >= 11 is 0. The summed E-state index contributed by atoms with van der Waals surface area (Å²) in [4.78, 5) is 11.5. The van der Waals surface area contributed by atoms with Crippen molar-refractivity contribution < 1.29 is 9.53 Å². The van der Waals surface area contributed by atoms with Crippen molar-refractivity contribution in [2.75, 3.05) is 13.2 Å². The highest BCUT2D eigenvalue weighted by atomic mass is 16.5. The van der Waals surface area contributed by atoms with Crippen molar-refractivity contribution >= 4 is 5.78 Å². The van der Waals surface area contributed by atoms with Crippen LogP contribution in [0.25, 0.3) is 0 Å².